The fraction of sp³-hybridized carbons (Fsp3) is 0.174. The Hall–Kier alpha value is -3.67. The van der Waals surface area contributed by atoms with Gasteiger partial charge in [-0.15, -0.1) is 0 Å². The van der Waals surface area contributed by atoms with Crippen LogP contribution in [0.1, 0.15) is 10.4 Å². The molecule has 29 heavy (non-hydrogen) atoms. The van der Waals surface area contributed by atoms with Gasteiger partial charge in [-0.3, -0.25) is 4.79 Å². The number of nitrogens with two attached hydrogens (primary N) is 1. The van der Waals surface area contributed by atoms with Gasteiger partial charge in [-0.2, -0.15) is 0 Å². The summed E-state index contributed by atoms with van der Waals surface area (Å²) in [6, 6.07) is 15.0. The molecule has 0 aromatic heterocycles. The molecule has 0 amide bonds. The second-order valence-electron chi connectivity index (χ2n) is 6.26. The lowest BCUT2D eigenvalue weighted by molar-refractivity contribution is 0.112. The van der Waals surface area contributed by atoms with Gasteiger partial charge in [0.2, 0.25) is 5.75 Å². The molecule has 6 nitrogen and oxygen atoms in total. The summed E-state index contributed by atoms with van der Waals surface area (Å²) in [6.07, 6.45) is 0.749. The minimum Gasteiger partial charge on any atom is -0.497 e. The normalized spacial score (nSPS) is 10.3. The van der Waals surface area contributed by atoms with E-state index in [1.807, 2.05) is 36.4 Å². The standard InChI is InChI=1S/C23H23NO5/c1-26-17-8-5-14(6-9-17)15-7-10-19(24)18(11-15)21-16(13-25)12-20(27-2)22(28-3)23(21)29-4/h5-13H,24H2,1-4H3. The number of hydrogen-bond donors (Lipinski definition) is 1. The van der Waals surface area contributed by atoms with Crippen LogP contribution in [0.2, 0.25) is 0 Å². The third-order valence-electron chi connectivity index (χ3n) is 4.73. The molecule has 0 atom stereocenters. The van der Waals surface area contributed by atoms with Gasteiger partial charge in [0.15, 0.2) is 17.8 Å². The molecule has 0 fully saturated rings. The highest BCUT2D eigenvalue weighted by molar-refractivity contribution is 5.97. The van der Waals surface area contributed by atoms with Gasteiger partial charge >= 0.3 is 0 Å². The number of benzene rings is 3. The van der Waals surface area contributed by atoms with E-state index in [0.29, 0.717) is 39.6 Å². The Morgan fingerprint density at radius 1 is 0.759 bits per heavy atom. The second kappa shape index (κ2) is 8.56. The van der Waals surface area contributed by atoms with Crippen molar-refractivity contribution in [1.82, 2.24) is 0 Å². The molecule has 0 aliphatic carbocycles. The van der Waals surface area contributed by atoms with Crippen LogP contribution in [0, 0.1) is 0 Å². The maximum atomic E-state index is 11.9. The zero-order valence-corrected chi connectivity index (χ0v) is 16.8. The summed E-state index contributed by atoms with van der Waals surface area (Å²) in [5, 5.41) is 0. The molecular formula is C23H23NO5. The largest absolute Gasteiger partial charge is 0.497 e. The van der Waals surface area contributed by atoms with E-state index in [2.05, 4.69) is 0 Å². The Morgan fingerprint density at radius 3 is 1.97 bits per heavy atom. The lowest BCUT2D eigenvalue weighted by atomic mass is 9.93. The van der Waals surface area contributed by atoms with Crippen LogP contribution >= 0.6 is 0 Å². The van der Waals surface area contributed by atoms with Crippen LogP contribution in [0.3, 0.4) is 0 Å². The van der Waals surface area contributed by atoms with E-state index in [0.717, 1.165) is 23.2 Å². The molecule has 0 unspecified atom stereocenters. The molecule has 3 rings (SSSR count). The first-order valence-electron chi connectivity index (χ1n) is 8.90. The maximum absolute atomic E-state index is 11.9. The molecule has 3 aromatic rings. The molecular weight excluding hydrogens is 370 g/mol. The smallest absolute Gasteiger partial charge is 0.203 e. The van der Waals surface area contributed by atoms with Crippen molar-refractivity contribution in [3.8, 4) is 45.3 Å². The van der Waals surface area contributed by atoms with E-state index in [1.165, 1.54) is 21.3 Å². The first-order valence-corrected chi connectivity index (χ1v) is 8.90. The first kappa shape index (κ1) is 20.1. The Balaban J connectivity index is 2.26. The van der Waals surface area contributed by atoms with Crippen LogP contribution in [0.4, 0.5) is 5.69 Å². The Morgan fingerprint density at radius 2 is 1.41 bits per heavy atom. The number of nitrogen functional groups attached to an aromatic ring is 1. The Kier molecular flexibility index (Phi) is 5.93. The van der Waals surface area contributed by atoms with Crippen LogP contribution in [0.25, 0.3) is 22.3 Å². The number of ether oxygens (including phenoxy) is 4. The number of aldehydes is 1. The van der Waals surface area contributed by atoms with E-state index in [4.69, 9.17) is 24.7 Å². The number of methoxy groups -OCH3 is 4. The van der Waals surface area contributed by atoms with E-state index in [-0.39, 0.29) is 0 Å². The van der Waals surface area contributed by atoms with Crippen molar-refractivity contribution in [3.05, 3.63) is 54.1 Å². The number of carbonyl (C=O) groups is 1. The van der Waals surface area contributed by atoms with Crippen molar-refractivity contribution >= 4 is 12.0 Å². The molecule has 0 radical (unpaired) electrons. The zero-order chi connectivity index (χ0) is 21.0. The van der Waals surface area contributed by atoms with Crippen molar-refractivity contribution in [3.63, 3.8) is 0 Å². The van der Waals surface area contributed by atoms with Gasteiger partial charge in [0.05, 0.1) is 28.4 Å². The van der Waals surface area contributed by atoms with Gasteiger partial charge in [0.25, 0.3) is 0 Å². The highest BCUT2D eigenvalue weighted by atomic mass is 16.5. The molecule has 2 N–H and O–H groups in total. The predicted molar refractivity (Wildman–Crippen MR) is 113 cm³/mol. The minimum atomic E-state index is 0.382. The van der Waals surface area contributed by atoms with Crippen molar-refractivity contribution in [2.24, 2.45) is 0 Å². The van der Waals surface area contributed by atoms with Gasteiger partial charge in [0, 0.05) is 22.4 Å². The predicted octanol–water partition coefficient (Wildman–Crippen LogP) is 4.45. The molecule has 0 spiro atoms. The summed E-state index contributed by atoms with van der Waals surface area (Å²) < 4.78 is 21.7. The van der Waals surface area contributed by atoms with Crippen molar-refractivity contribution < 1.29 is 23.7 Å². The van der Waals surface area contributed by atoms with Gasteiger partial charge < -0.3 is 24.7 Å². The summed E-state index contributed by atoms with van der Waals surface area (Å²) in [7, 11) is 6.16. The van der Waals surface area contributed by atoms with Crippen molar-refractivity contribution in [2.75, 3.05) is 34.2 Å². The molecule has 0 aliphatic heterocycles. The SMILES string of the molecule is COc1ccc(-c2ccc(N)c(-c3c(C=O)cc(OC)c(OC)c3OC)c2)cc1. The number of anilines is 1. The molecule has 0 saturated carbocycles. The third kappa shape index (κ3) is 3.69. The summed E-state index contributed by atoms with van der Waals surface area (Å²) >= 11 is 0. The lowest BCUT2D eigenvalue weighted by Crippen LogP contribution is -2.02. The summed E-state index contributed by atoms with van der Waals surface area (Å²) in [5.74, 6) is 1.95. The molecule has 150 valence electrons. The lowest BCUT2D eigenvalue weighted by Gasteiger charge is -2.19. The van der Waals surface area contributed by atoms with Crippen LogP contribution in [-0.2, 0) is 0 Å². The number of hydrogen-bond acceptors (Lipinski definition) is 6. The monoisotopic (exact) mass is 393 g/mol. The fourth-order valence-electron chi connectivity index (χ4n) is 3.28. The quantitative estimate of drug-likeness (QED) is 0.472. The van der Waals surface area contributed by atoms with Crippen LogP contribution in [0.15, 0.2) is 48.5 Å². The molecule has 0 heterocycles. The van der Waals surface area contributed by atoms with Crippen molar-refractivity contribution in [2.45, 2.75) is 0 Å². The van der Waals surface area contributed by atoms with Gasteiger partial charge in [-0.25, -0.2) is 0 Å². The Bertz CT molecular complexity index is 1030. The maximum Gasteiger partial charge on any atom is 0.203 e. The summed E-state index contributed by atoms with van der Waals surface area (Å²) in [5.41, 5.74) is 10.3. The van der Waals surface area contributed by atoms with Crippen LogP contribution in [0.5, 0.6) is 23.0 Å². The van der Waals surface area contributed by atoms with E-state index >= 15 is 0 Å². The highest BCUT2D eigenvalue weighted by Crippen LogP contribution is 2.48. The number of rotatable bonds is 7. The second-order valence-corrected chi connectivity index (χ2v) is 6.26. The van der Waals surface area contributed by atoms with E-state index < -0.39 is 0 Å². The Labute approximate surface area is 169 Å². The van der Waals surface area contributed by atoms with Gasteiger partial charge in [-0.05, 0) is 41.5 Å². The van der Waals surface area contributed by atoms with Crippen LogP contribution in [-0.4, -0.2) is 34.7 Å². The number of carbonyl (C=O) groups excluding carboxylic acids is 1. The van der Waals surface area contributed by atoms with Crippen LogP contribution < -0.4 is 24.7 Å². The molecule has 0 aliphatic rings. The molecule has 0 saturated heterocycles. The fourth-order valence-corrected chi connectivity index (χ4v) is 3.28. The average Bonchev–Trinajstić information content (AvgIpc) is 2.77. The zero-order valence-electron chi connectivity index (χ0n) is 16.8. The highest BCUT2D eigenvalue weighted by Gasteiger charge is 2.23. The van der Waals surface area contributed by atoms with E-state index in [9.17, 15) is 4.79 Å². The molecule has 0 bridgehead atoms. The van der Waals surface area contributed by atoms with Gasteiger partial charge in [0.1, 0.15) is 5.75 Å². The topological polar surface area (TPSA) is 80.0 Å². The third-order valence-corrected chi connectivity index (χ3v) is 4.73. The first-order chi connectivity index (χ1) is 14.1. The van der Waals surface area contributed by atoms with Gasteiger partial charge in [-0.1, -0.05) is 18.2 Å². The average molecular weight is 393 g/mol. The van der Waals surface area contributed by atoms with Crippen molar-refractivity contribution in [1.29, 1.82) is 0 Å². The molecule has 6 heteroatoms. The van der Waals surface area contributed by atoms with E-state index in [1.54, 1.807) is 19.2 Å². The summed E-state index contributed by atoms with van der Waals surface area (Å²) in [4.78, 5) is 11.9. The minimum absolute atomic E-state index is 0.382. The summed E-state index contributed by atoms with van der Waals surface area (Å²) in [6.45, 7) is 0. The molecule has 3 aromatic carbocycles.